The fraction of sp³-hybridized carbons (Fsp3) is 0.300. The topological polar surface area (TPSA) is 72.2 Å². The van der Waals surface area contributed by atoms with Crippen molar-refractivity contribution < 1.29 is 23.1 Å². The van der Waals surface area contributed by atoms with Gasteiger partial charge in [-0.25, -0.2) is 4.98 Å². The van der Waals surface area contributed by atoms with E-state index in [0.717, 1.165) is 17.7 Å². The molecule has 0 aliphatic rings. The second-order valence-corrected chi connectivity index (χ2v) is 4.65. The molecule has 9 heteroatoms. The summed E-state index contributed by atoms with van der Waals surface area (Å²) in [6, 6.07) is -1.06. The van der Waals surface area contributed by atoms with Crippen molar-refractivity contribution in [3.63, 3.8) is 0 Å². The average Bonchev–Trinajstić information content (AvgIpc) is 2.74. The van der Waals surface area contributed by atoms with Crippen LogP contribution in [-0.4, -0.2) is 26.8 Å². The first-order valence-electron chi connectivity index (χ1n) is 5.03. The van der Waals surface area contributed by atoms with Crippen molar-refractivity contribution in [2.75, 3.05) is 0 Å². The van der Waals surface area contributed by atoms with E-state index in [0.29, 0.717) is 9.40 Å². The van der Waals surface area contributed by atoms with Gasteiger partial charge in [-0.3, -0.25) is 14.2 Å². The number of aliphatic carboxylic acids is 1. The Kier molecular flexibility index (Phi) is 3.31. The maximum Gasteiger partial charge on any atom is 0.409 e. The highest BCUT2D eigenvalue weighted by Gasteiger charge is 2.43. The van der Waals surface area contributed by atoms with E-state index in [9.17, 15) is 22.8 Å². The molecule has 0 unspecified atom stereocenters. The lowest BCUT2D eigenvalue weighted by Crippen LogP contribution is -2.35. The summed E-state index contributed by atoms with van der Waals surface area (Å²) in [5, 5.41) is 10.1. The molecule has 0 fully saturated rings. The number of alkyl halides is 3. The van der Waals surface area contributed by atoms with Gasteiger partial charge in [0.25, 0.3) is 5.56 Å². The summed E-state index contributed by atoms with van der Waals surface area (Å²) in [4.78, 5) is 26.5. The third-order valence-corrected chi connectivity index (χ3v) is 3.31. The molecule has 5 nitrogen and oxygen atoms in total. The second-order valence-electron chi connectivity index (χ2n) is 3.75. The van der Waals surface area contributed by atoms with Crippen LogP contribution in [0.4, 0.5) is 13.2 Å². The van der Waals surface area contributed by atoms with E-state index < -0.39 is 30.2 Å². The number of halogens is 3. The maximum absolute atomic E-state index is 12.8. The van der Waals surface area contributed by atoms with Gasteiger partial charge < -0.3 is 5.11 Å². The largest absolute Gasteiger partial charge is 0.481 e. The van der Waals surface area contributed by atoms with Crippen molar-refractivity contribution in [1.82, 2.24) is 9.55 Å². The molecular weight excluding hydrogens is 285 g/mol. The van der Waals surface area contributed by atoms with Crippen LogP contribution in [-0.2, 0) is 4.79 Å². The number of carboxylic acids is 1. The Bertz CT molecular complexity index is 676. The van der Waals surface area contributed by atoms with Gasteiger partial charge in [-0.15, -0.1) is 11.3 Å². The molecule has 0 bridgehead atoms. The van der Waals surface area contributed by atoms with Crippen LogP contribution in [0.3, 0.4) is 0 Å². The number of carboxylic acid groups (broad SMARTS) is 1. The summed E-state index contributed by atoms with van der Waals surface area (Å²) < 4.78 is 38.8. The second kappa shape index (κ2) is 4.65. The third kappa shape index (κ3) is 2.60. The monoisotopic (exact) mass is 292 g/mol. The van der Waals surface area contributed by atoms with Crippen LogP contribution in [0.1, 0.15) is 12.5 Å². The number of aromatic nitrogens is 2. The Balaban J connectivity index is 2.59. The number of hydrogen-bond donors (Lipinski definition) is 1. The Morgan fingerprint density at radius 2 is 2.21 bits per heavy atom. The fourth-order valence-electron chi connectivity index (χ4n) is 1.63. The fourth-order valence-corrected chi connectivity index (χ4v) is 2.35. The lowest BCUT2D eigenvalue weighted by molar-refractivity contribution is -0.177. The van der Waals surface area contributed by atoms with E-state index in [-0.39, 0.29) is 5.39 Å². The maximum atomic E-state index is 12.8. The van der Waals surface area contributed by atoms with Gasteiger partial charge in [0.15, 0.2) is 0 Å². The first kappa shape index (κ1) is 13.5. The predicted molar refractivity (Wildman–Crippen MR) is 61.2 cm³/mol. The number of nitrogens with zero attached hydrogens (tertiary/aromatic N) is 2. The molecule has 0 amide bonds. The molecule has 0 radical (unpaired) electrons. The Labute approximate surface area is 107 Å². The van der Waals surface area contributed by atoms with Gasteiger partial charge in [0.05, 0.1) is 18.1 Å². The number of hydrogen-bond acceptors (Lipinski definition) is 4. The average molecular weight is 292 g/mol. The Morgan fingerprint density at radius 1 is 1.53 bits per heavy atom. The Morgan fingerprint density at radius 3 is 2.79 bits per heavy atom. The molecule has 2 rings (SSSR count). The van der Waals surface area contributed by atoms with E-state index in [1.165, 1.54) is 11.4 Å². The van der Waals surface area contributed by atoms with Crippen LogP contribution in [0, 0.1) is 0 Å². The van der Waals surface area contributed by atoms with Crippen molar-refractivity contribution in [3.05, 3.63) is 28.1 Å². The molecule has 0 aliphatic heterocycles. The van der Waals surface area contributed by atoms with Crippen molar-refractivity contribution in [2.45, 2.75) is 18.6 Å². The molecule has 102 valence electrons. The van der Waals surface area contributed by atoms with Crippen LogP contribution < -0.4 is 5.56 Å². The molecule has 0 saturated carbocycles. The molecule has 0 aromatic carbocycles. The Hall–Kier alpha value is -1.90. The predicted octanol–water partition coefficient (Wildman–Crippen LogP) is 2.04. The number of rotatable bonds is 3. The quantitative estimate of drug-likeness (QED) is 0.939. The van der Waals surface area contributed by atoms with Crippen molar-refractivity contribution >= 4 is 27.5 Å². The van der Waals surface area contributed by atoms with Crippen LogP contribution >= 0.6 is 11.3 Å². The van der Waals surface area contributed by atoms with E-state index in [1.54, 1.807) is 0 Å². The van der Waals surface area contributed by atoms with Gasteiger partial charge in [-0.2, -0.15) is 13.2 Å². The lowest BCUT2D eigenvalue weighted by Gasteiger charge is -2.20. The highest BCUT2D eigenvalue weighted by molar-refractivity contribution is 7.16. The summed E-state index contributed by atoms with van der Waals surface area (Å²) in [6.45, 7) is 0. The molecule has 2 heterocycles. The van der Waals surface area contributed by atoms with E-state index in [4.69, 9.17) is 5.11 Å². The molecule has 0 aliphatic carbocycles. The molecule has 0 spiro atoms. The molecule has 1 N–H and O–H groups in total. The molecule has 19 heavy (non-hydrogen) atoms. The first-order chi connectivity index (χ1) is 8.80. The first-order valence-corrected chi connectivity index (χ1v) is 5.91. The van der Waals surface area contributed by atoms with Crippen molar-refractivity contribution in [1.29, 1.82) is 0 Å². The molecule has 2 aromatic heterocycles. The minimum Gasteiger partial charge on any atom is -0.481 e. The zero-order valence-corrected chi connectivity index (χ0v) is 10.0. The number of thiophene rings is 1. The smallest absolute Gasteiger partial charge is 0.409 e. The third-order valence-electron chi connectivity index (χ3n) is 2.49. The van der Waals surface area contributed by atoms with Crippen LogP contribution in [0.15, 0.2) is 22.6 Å². The molecule has 1 atom stereocenters. The van der Waals surface area contributed by atoms with Gasteiger partial charge >= 0.3 is 12.1 Å². The normalized spacial score (nSPS) is 13.6. The summed E-state index contributed by atoms with van der Waals surface area (Å²) in [7, 11) is 0. The highest BCUT2D eigenvalue weighted by atomic mass is 32.1. The van der Waals surface area contributed by atoms with Crippen LogP contribution in [0.25, 0.3) is 10.2 Å². The van der Waals surface area contributed by atoms with Gasteiger partial charge in [-0.1, -0.05) is 0 Å². The van der Waals surface area contributed by atoms with Gasteiger partial charge in [0.1, 0.15) is 10.9 Å². The van der Waals surface area contributed by atoms with E-state index in [2.05, 4.69) is 4.98 Å². The van der Waals surface area contributed by atoms with E-state index in [1.807, 2.05) is 0 Å². The molecule has 2 aromatic rings. The summed E-state index contributed by atoms with van der Waals surface area (Å²) >= 11 is 1.12. The minimum absolute atomic E-state index is 0.0483. The van der Waals surface area contributed by atoms with Crippen molar-refractivity contribution in [2.24, 2.45) is 0 Å². The SMILES string of the molecule is O=C(O)C[C@@H](n1cnc2sccc2c1=O)C(F)(F)F. The van der Waals surface area contributed by atoms with E-state index >= 15 is 0 Å². The van der Waals surface area contributed by atoms with Gasteiger partial charge in [0, 0.05) is 0 Å². The zero-order chi connectivity index (χ0) is 14.2. The zero-order valence-electron chi connectivity index (χ0n) is 9.22. The summed E-state index contributed by atoms with van der Waals surface area (Å²) in [6.07, 6.45) is -5.32. The van der Waals surface area contributed by atoms with Gasteiger partial charge in [-0.05, 0) is 11.4 Å². The number of fused-ring (bicyclic) bond motifs is 1. The van der Waals surface area contributed by atoms with Gasteiger partial charge in [0.2, 0.25) is 0 Å². The van der Waals surface area contributed by atoms with Crippen LogP contribution in [0.2, 0.25) is 0 Å². The lowest BCUT2D eigenvalue weighted by atomic mass is 10.2. The molecular formula is C10H7F3N2O3S. The standard InChI is InChI=1S/C10H7F3N2O3S/c11-10(12,13)6(3-7(16)17)15-4-14-8-5(9(15)18)1-2-19-8/h1-2,4,6H,3H2,(H,16,17)/t6-/m1/s1. The summed E-state index contributed by atoms with van der Waals surface area (Å²) in [5.74, 6) is -1.64. The van der Waals surface area contributed by atoms with Crippen molar-refractivity contribution in [3.8, 4) is 0 Å². The minimum atomic E-state index is -4.84. The summed E-state index contributed by atoms with van der Waals surface area (Å²) in [5.41, 5.74) is -0.894. The molecule has 0 saturated heterocycles. The van der Waals surface area contributed by atoms with Crippen LogP contribution in [0.5, 0.6) is 0 Å². The number of carbonyl (C=O) groups is 1. The highest BCUT2D eigenvalue weighted by Crippen LogP contribution is 2.32.